The van der Waals surface area contributed by atoms with Crippen molar-refractivity contribution in [3.63, 3.8) is 0 Å². The number of sulfonamides is 1. The zero-order chi connectivity index (χ0) is 17.7. The number of rotatable bonds is 6. The molecule has 2 rings (SSSR count). The molecule has 0 aliphatic heterocycles. The summed E-state index contributed by atoms with van der Waals surface area (Å²) in [5, 5.41) is 8.71. The predicted molar refractivity (Wildman–Crippen MR) is 90.1 cm³/mol. The first-order chi connectivity index (χ1) is 11.3. The standard InChI is InChI=1S/C15H13ClN2O4S2/c1-18(24(20,21)15-7-6-13(16)23-15)9-14(19)22-10-12-4-2-11(8-17)3-5-12/h2-7H,9-10H2,1H3. The Bertz CT molecular complexity index is 870. The van der Waals surface area contributed by atoms with Crippen molar-refractivity contribution in [3.8, 4) is 6.07 Å². The monoisotopic (exact) mass is 384 g/mol. The summed E-state index contributed by atoms with van der Waals surface area (Å²) < 4.78 is 30.9. The lowest BCUT2D eigenvalue weighted by Gasteiger charge is -2.15. The average Bonchev–Trinajstić information content (AvgIpc) is 3.00. The molecule has 0 N–H and O–H groups in total. The first-order valence-electron chi connectivity index (χ1n) is 6.69. The molecule has 0 aliphatic carbocycles. The normalized spacial score (nSPS) is 11.2. The highest BCUT2D eigenvalue weighted by Crippen LogP contribution is 2.27. The number of hydrogen-bond donors (Lipinski definition) is 0. The number of benzene rings is 1. The minimum atomic E-state index is -3.77. The van der Waals surface area contributed by atoms with Crippen LogP contribution >= 0.6 is 22.9 Å². The summed E-state index contributed by atoms with van der Waals surface area (Å²) in [6, 6.07) is 11.4. The van der Waals surface area contributed by atoms with Crippen molar-refractivity contribution < 1.29 is 17.9 Å². The molecule has 0 aliphatic rings. The van der Waals surface area contributed by atoms with Gasteiger partial charge < -0.3 is 4.74 Å². The fourth-order valence-corrected chi connectivity index (χ4v) is 4.55. The highest BCUT2D eigenvalue weighted by molar-refractivity contribution is 7.91. The number of carbonyl (C=O) groups excluding carboxylic acids is 1. The first-order valence-corrected chi connectivity index (χ1v) is 9.32. The molecule has 0 atom stereocenters. The van der Waals surface area contributed by atoms with Crippen LogP contribution in [0.2, 0.25) is 4.34 Å². The van der Waals surface area contributed by atoms with Crippen molar-refractivity contribution in [2.75, 3.05) is 13.6 Å². The Hall–Kier alpha value is -1.92. The summed E-state index contributed by atoms with van der Waals surface area (Å²) in [7, 11) is -2.48. The maximum absolute atomic E-state index is 12.3. The van der Waals surface area contributed by atoms with Crippen LogP contribution in [0.4, 0.5) is 0 Å². The SMILES string of the molecule is CN(CC(=O)OCc1ccc(C#N)cc1)S(=O)(=O)c1ccc(Cl)s1. The largest absolute Gasteiger partial charge is 0.460 e. The summed E-state index contributed by atoms with van der Waals surface area (Å²) in [6.45, 7) is -0.405. The molecule has 0 bridgehead atoms. The topological polar surface area (TPSA) is 87.5 Å². The lowest BCUT2D eigenvalue weighted by atomic mass is 10.2. The van der Waals surface area contributed by atoms with Gasteiger partial charge in [-0.2, -0.15) is 9.57 Å². The average molecular weight is 385 g/mol. The fraction of sp³-hybridized carbons (Fsp3) is 0.200. The van der Waals surface area contributed by atoms with Crippen LogP contribution in [0.1, 0.15) is 11.1 Å². The molecule has 0 unspecified atom stereocenters. The summed E-state index contributed by atoms with van der Waals surface area (Å²) in [5.74, 6) is -0.673. The second kappa shape index (κ2) is 7.77. The van der Waals surface area contributed by atoms with E-state index < -0.39 is 22.5 Å². The van der Waals surface area contributed by atoms with Crippen molar-refractivity contribution >= 4 is 38.9 Å². The van der Waals surface area contributed by atoms with Crippen molar-refractivity contribution in [2.45, 2.75) is 10.8 Å². The quantitative estimate of drug-likeness (QED) is 0.714. The van der Waals surface area contributed by atoms with Gasteiger partial charge in [0.15, 0.2) is 0 Å². The van der Waals surface area contributed by atoms with E-state index in [1.165, 1.54) is 19.2 Å². The first kappa shape index (κ1) is 18.4. The van der Waals surface area contributed by atoms with Crippen LogP contribution in [0.3, 0.4) is 0 Å². The summed E-state index contributed by atoms with van der Waals surface area (Å²) in [4.78, 5) is 11.8. The number of nitriles is 1. The van der Waals surface area contributed by atoms with Crippen LogP contribution in [-0.4, -0.2) is 32.3 Å². The van der Waals surface area contributed by atoms with Crippen LogP contribution in [0.5, 0.6) is 0 Å². The van der Waals surface area contributed by atoms with Gasteiger partial charge in [0, 0.05) is 7.05 Å². The maximum Gasteiger partial charge on any atom is 0.321 e. The molecule has 0 spiro atoms. The molecular formula is C15H13ClN2O4S2. The third-order valence-electron chi connectivity index (χ3n) is 3.05. The summed E-state index contributed by atoms with van der Waals surface area (Å²) in [5.41, 5.74) is 1.21. The van der Waals surface area contributed by atoms with Gasteiger partial charge in [0.1, 0.15) is 17.4 Å². The Morgan fingerprint density at radius 1 is 1.29 bits per heavy atom. The van der Waals surface area contributed by atoms with E-state index in [2.05, 4.69) is 0 Å². The van der Waals surface area contributed by atoms with Gasteiger partial charge in [-0.25, -0.2) is 8.42 Å². The minimum Gasteiger partial charge on any atom is -0.460 e. The van der Waals surface area contributed by atoms with Gasteiger partial charge in [-0.3, -0.25) is 4.79 Å². The van der Waals surface area contributed by atoms with E-state index in [4.69, 9.17) is 21.6 Å². The second-order valence-corrected chi connectivity index (χ2v) is 8.78. The number of esters is 1. The van der Waals surface area contributed by atoms with Crippen LogP contribution in [0.25, 0.3) is 0 Å². The fourth-order valence-electron chi connectivity index (χ4n) is 1.74. The maximum atomic E-state index is 12.3. The number of thiophene rings is 1. The molecule has 0 radical (unpaired) electrons. The van der Waals surface area contributed by atoms with Gasteiger partial charge >= 0.3 is 5.97 Å². The minimum absolute atomic E-state index is 0.00323. The number of halogens is 1. The van der Waals surface area contributed by atoms with Gasteiger partial charge in [-0.1, -0.05) is 23.7 Å². The molecule has 2 aromatic rings. The number of likely N-dealkylation sites (N-methyl/N-ethyl adjacent to an activating group) is 1. The number of carbonyl (C=O) groups is 1. The highest BCUT2D eigenvalue weighted by atomic mass is 35.5. The van der Waals surface area contributed by atoms with E-state index >= 15 is 0 Å². The van der Waals surface area contributed by atoms with E-state index in [9.17, 15) is 13.2 Å². The van der Waals surface area contributed by atoms with E-state index in [0.717, 1.165) is 15.6 Å². The molecular weight excluding hydrogens is 372 g/mol. The molecule has 9 heteroatoms. The number of nitrogens with zero attached hydrogens (tertiary/aromatic N) is 2. The van der Waals surface area contributed by atoms with Gasteiger partial charge in [0.2, 0.25) is 0 Å². The van der Waals surface area contributed by atoms with Gasteiger partial charge in [-0.05, 0) is 29.8 Å². The van der Waals surface area contributed by atoms with Crippen molar-refractivity contribution in [2.24, 2.45) is 0 Å². The highest BCUT2D eigenvalue weighted by Gasteiger charge is 2.25. The van der Waals surface area contributed by atoms with E-state index in [-0.39, 0.29) is 10.8 Å². The van der Waals surface area contributed by atoms with Crippen LogP contribution < -0.4 is 0 Å². The van der Waals surface area contributed by atoms with Gasteiger partial charge in [0.25, 0.3) is 10.0 Å². The molecule has 0 saturated heterocycles. The molecule has 1 aromatic heterocycles. The van der Waals surface area contributed by atoms with Crippen molar-refractivity contribution in [1.29, 1.82) is 5.26 Å². The second-order valence-electron chi connectivity index (χ2n) is 4.79. The Morgan fingerprint density at radius 2 is 1.96 bits per heavy atom. The van der Waals surface area contributed by atoms with Crippen molar-refractivity contribution in [1.82, 2.24) is 4.31 Å². The lowest BCUT2D eigenvalue weighted by Crippen LogP contribution is -2.32. The third-order valence-corrected chi connectivity index (χ3v) is 6.55. The molecule has 6 nitrogen and oxygen atoms in total. The third kappa shape index (κ3) is 4.55. The molecule has 126 valence electrons. The lowest BCUT2D eigenvalue weighted by molar-refractivity contribution is -0.144. The summed E-state index contributed by atoms with van der Waals surface area (Å²) >= 11 is 6.66. The molecule has 0 saturated carbocycles. The molecule has 0 amide bonds. The predicted octanol–water partition coefficient (Wildman–Crippen LogP) is 2.64. The van der Waals surface area contributed by atoms with Crippen LogP contribution in [0.15, 0.2) is 40.6 Å². The van der Waals surface area contributed by atoms with E-state index in [1.807, 2.05) is 6.07 Å². The van der Waals surface area contributed by atoms with E-state index in [1.54, 1.807) is 24.3 Å². The van der Waals surface area contributed by atoms with Gasteiger partial charge in [0.05, 0.1) is 16.0 Å². The summed E-state index contributed by atoms with van der Waals surface area (Å²) in [6.07, 6.45) is 0. The number of ether oxygens (including phenoxy) is 1. The molecule has 1 aromatic carbocycles. The Kier molecular flexibility index (Phi) is 5.96. The Labute approximate surface area is 148 Å². The Morgan fingerprint density at radius 3 is 2.50 bits per heavy atom. The number of hydrogen-bond acceptors (Lipinski definition) is 6. The zero-order valence-corrected chi connectivity index (χ0v) is 15.0. The molecule has 24 heavy (non-hydrogen) atoms. The molecule has 1 heterocycles. The van der Waals surface area contributed by atoms with Crippen LogP contribution in [-0.2, 0) is 26.2 Å². The smallest absolute Gasteiger partial charge is 0.321 e. The zero-order valence-electron chi connectivity index (χ0n) is 12.6. The Balaban J connectivity index is 1.92. The molecule has 0 fully saturated rings. The van der Waals surface area contributed by atoms with Crippen LogP contribution in [0, 0.1) is 11.3 Å². The van der Waals surface area contributed by atoms with Gasteiger partial charge in [-0.15, -0.1) is 11.3 Å². The van der Waals surface area contributed by atoms with E-state index in [0.29, 0.717) is 15.5 Å². The van der Waals surface area contributed by atoms with Crippen molar-refractivity contribution in [3.05, 3.63) is 51.9 Å².